The summed E-state index contributed by atoms with van der Waals surface area (Å²) in [6.45, 7) is 8.28. The van der Waals surface area contributed by atoms with E-state index in [1.807, 2.05) is 0 Å². The number of ether oxygens (including phenoxy) is 1. The van der Waals surface area contributed by atoms with Crippen molar-refractivity contribution in [1.82, 2.24) is 5.32 Å². The summed E-state index contributed by atoms with van der Waals surface area (Å²) < 4.78 is 4.79. The second-order valence-corrected chi connectivity index (χ2v) is 1.20. The van der Waals surface area contributed by atoms with Crippen LogP contribution in [-0.2, 0) is 4.74 Å². The Morgan fingerprint density at radius 1 is 1.50 bits per heavy atom. The highest BCUT2D eigenvalue weighted by atomic mass is 16.5. The van der Waals surface area contributed by atoms with Crippen LogP contribution in [0.5, 0.6) is 0 Å². The molecule has 2 heteroatoms. The molecule has 0 atom stereocenters. The Morgan fingerprint density at radius 3 is 2.75 bits per heavy atom. The predicted molar refractivity (Wildman–Crippen MR) is 34.3 cm³/mol. The molecule has 2 nitrogen and oxygen atoms in total. The fraction of sp³-hybridized carbons (Fsp3) is 0.333. The monoisotopic (exact) mass is 113 g/mol. The Bertz CT molecular complexity index is 60.9. The Hall–Kier alpha value is -0.920. The SMILES string of the molecule is C=CNCCOC=C. The summed E-state index contributed by atoms with van der Waals surface area (Å²) in [7, 11) is 0. The third kappa shape index (κ3) is 5.08. The van der Waals surface area contributed by atoms with Crippen LogP contribution in [0.2, 0.25) is 0 Å². The van der Waals surface area contributed by atoms with Gasteiger partial charge in [0.2, 0.25) is 0 Å². The van der Waals surface area contributed by atoms with Gasteiger partial charge in [0.1, 0.15) is 6.61 Å². The number of nitrogens with one attached hydrogen (secondary N) is 1. The van der Waals surface area contributed by atoms with Crippen molar-refractivity contribution in [3.63, 3.8) is 0 Å². The maximum Gasteiger partial charge on any atom is 0.104 e. The Morgan fingerprint density at radius 2 is 2.25 bits per heavy atom. The molecule has 0 saturated carbocycles. The molecule has 0 spiro atoms. The van der Waals surface area contributed by atoms with Gasteiger partial charge in [0.05, 0.1) is 6.26 Å². The fourth-order valence-corrected chi connectivity index (χ4v) is 0.303. The van der Waals surface area contributed by atoms with E-state index in [1.165, 1.54) is 6.26 Å². The molecule has 0 aromatic heterocycles. The van der Waals surface area contributed by atoms with E-state index in [-0.39, 0.29) is 0 Å². The summed E-state index contributed by atoms with van der Waals surface area (Å²) in [6.07, 6.45) is 3.05. The lowest BCUT2D eigenvalue weighted by atomic mass is 10.7. The molecule has 0 aliphatic rings. The number of hydrogen-bond donors (Lipinski definition) is 1. The van der Waals surface area contributed by atoms with Gasteiger partial charge in [-0.3, -0.25) is 0 Å². The van der Waals surface area contributed by atoms with Gasteiger partial charge in [0, 0.05) is 6.54 Å². The predicted octanol–water partition coefficient (Wildman–Crippen LogP) is 0.880. The smallest absolute Gasteiger partial charge is 0.104 e. The fourth-order valence-electron chi connectivity index (χ4n) is 0.303. The molecule has 0 aliphatic heterocycles. The molecule has 46 valence electrons. The highest BCUT2D eigenvalue weighted by Crippen LogP contribution is 1.69. The molecule has 0 heterocycles. The van der Waals surface area contributed by atoms with Crippen LogP contribution < -0.4 is 5.32 Å². The molecule has 0 amide bonds. The van der Waals surface area contributed by atoms with E-state index in [1.54, 1.807) is 6.20 Å². The van der Waals surface area contributed by atoms with Gasteiger partial charge in [-0.1, -0.05) is 13.2 Å². The highest BCUT2D eigenvalue weighted by molar-refractivity contribution is 4.62. The molecule has 0 aromatic carbocycles. The molecule has 0 fully saturated rings. The first-order valence-corrected chi connectivity index (χ1v) is 2.48. The van der Waals surface area contributed by atoms with Crippen molar-refractivity contribution in [2.45, 2.75) is 0 Å². The van der Waals surface area contributed by atoms with Crippen LogP contribution in [0.4, 0.5) is 0 Å². The Balaban J connectivity index is 2.71. The molecule has 0 bridgehead atoms. The average Bonchev–Trinajstić information content (AvgIpc) is 1.81. The van der Waals surface area contributed by atoms with Crippen LogP contribution in [0.25, 0.3) is 0 Å². The minimum atomic E-state index is 0.648. The topological polar surface area (TPSA) is 21.3 Å². The van der Waals surface area contributed by atoms with Crippen molar-refractivity contribution < 1.29 is 4.74 Å². The summed E-state index contributed by atoms with van der Waals surface area (Å²) in [5, 5.41) is 2.87. The molecule has 8 heavy (non-hydrogen) atoms. The largest absolute Gasteiger partial charge is 0.500 e. The summed E-state index contributed by atoms with van der Waals surface area (Å²) in [5.74, 6) is 0. The zero-order valence-corrected chi connectivity index (χ0v) is 4.89. The van der Waals surface area contributed by atoms with Crippen molar-refractivity contribution in [3.8, 4) is 0 Å². The number of hydrogen-bond acceptors (Lipinski definition) is 2. The van der Waals surface area contributed by atoms with Gasteiger partial charge < -0.3 is 10.1 Å². The summed E-state index contributed by atoms with van der Waals surface area (Å²) in [5.41, 5.74) is 0. The third-order valence-corrected chi connectivity index (χ3v) is 0.626. The molecule has 0 saturated heterocycles. The quantitative estimate of drug-likeness (QED) is 0.422. The van der Waals surface area contributed by atoms with Crippen molar-refractivity contribution in [3.05, 3.63) is 25.6 Å². The first-order valence-electron chi connectivity index (χ1n) is 2.48. The second-order valence-electron chi connectivity index (χ2n) is 1.20. The van der Waals surface area contributed by atoms with Gasteiger partial charge in [-0.05, 0) is 6.20 Å². The molecular weight excluding hydrogens is 102 g/mol. The van der Waals surface area contributed by atoms with Crippen LogP contribution in [0.15, 0.2) is 25.6 Å². The van der Waals surface area contributed by atoms with Gasteiger partial charge in [-0.2, -0.15) is 0 Å². The Kier molecular flexibility index (Phi) is 5.38. The van der Waals surface area contributed by atoms with Crippen molar-refractivity contribution in [2.24, 2.45) is 0 Å². The zero-order valence-electron chi connectivity index (χ0n) is 4.89. The maximum absolute atomic E-state index is 4.79. The first kappa shape index (κ1) is 7.08. The molecular formula is C6H11NO. The van der Waals surface area contributed by atoms with Crippen molar-refractivity contribution in [2.75, 3.05) is 13.2 Å². The minimum Gasteiger partial charge on any atom is -0.500 e. The van der Waals surface area contributed by atoms with E-state index in [0.29, 0.717) is 6.61 Å². The van der Waals surface area contributed by atoms with Crippen LogP contribution in [0.3, 0.4) is 0 Å². The number of rotatable bonds is 5. The molecule has 0 aromatic rings. The van der Waals surface area contributed by atoms with E-state index in [4.69, 9.17) is 4.74 Å². The van der Waals surface area contributed by atoms with Gasteiger partial charge in [0.25, 0.3) is 0 Å². The molecule has 0 radical (unpaired) electrons. The van der Waals surface area contributed by atoms with Crippen molar-refractivity contribution >= 4 is 0 Å². The minimum absolute atomic E-state index is 0.648. The van der Waals surface area contributed by atoms with E-state index >= 15 is 0 Å². The van der Waals surface area contributed by atoms with E-state index < -0.39 is 0 Å². The molecule has 1 N–H and O–H groups in total. The van der Waals surface area contributed by atoms with Crippen LogP contribution in [0.1, 0.15) is 0 Å². The van der Waals surface area contributed by atoms with E-state index in [2.05, 4.69) is 18.5 Å². The normalized spacial score (nSPS) is 7.50. The lowest BCUT2D eigenvalue weighted by Gasteiger charge is -1.97. The first-order chi connectivity index (χ1) is 3.91. The average molecular weight is 113 g/mol. The standard InChI is InChI=1S/C6H11NO/c1-3-7-5-6-8-4-2/h3-4,7H,1-2,5-6H2. The zero-order chi connectivity index (χ0) is 6.24. The Labute approximate surface area is 49.8 Å². The second kappa shape index (κ2) is 6.08. The van der Waals surface area contributed by atoms with Crippen LogP contribution in [-0.4, -0.2) is 13.2 Å². The molecule has 0 rings (SSSR count). The third-order valence-electron chi connectivity index (χ3n) is 0.626. The maximum atomic E-state index is 4.79. The van der Waals surface area contributed by atoms with Gasteiger partial charge in [-0.15, -0.1) is 0 Å². The molecule has 0 aliphatic carbocycles. The summed E-state index contributed by atoms with van der Waals surface area (Å²) in [4.78, 5) is 0. The van der Waals surface area contributed by atoms with Gasteiger partial charge in [0.15, 0.2) is 0 Å². The van der Waals surface area contributed by atoms with E-state index in [9.17, 15) is 0 Å². The van der Waals surface area contributed by atoms with Crippen LogP contribution in [0, 0.1) is 0 Å². The van der Waals surface area contributed by atoms with Gasteiger partial charge in [-0.25, -0.2) is 0 Å². The van der Waals surface area contributed by atoms with Gasteiger partial charge >= 0.3 is 0 Å². The lowest BCUT2D eigenvalue weighted by Crippen LogP contribution is -2.10. The van der Waals surface area contributed by atoms with Crippen molar-refractivity contribution in [1.29, 1.82) is 0 Å². The summed E-state index contributed by atoms with van der Waals surface area (Å²) >= 11 is 0. The van der Waals surface area contributed by atoms with Crippen LogP contribution >= 0.6 is 0 Å². The lowest BCUT2D eigenvalue weighted by molar-refractivity contribution is 0.255. The highest BCUT2D eigenvalue weighted by Gasteiger charge is 1.75. The molecule has 0 unspecified atom stereocenters. The summed E-state index contributed by atoms with van der Waals surface area (Å²) in [6, 6.07) is 0. The van der Waals surface area contributed by atoms with E-state index in [0.717, 1.165) is 6.54 Å².